The average Bonchev–Trinajstić information content (AvgIpc) is 2.41. The van der Waals surface area contributed by atoms with Gasteiger partial charge in [0, 0.05) is 20.3 Å². The molecule has 0 saturated heterocycles. The van der Waals surface area contributed by atoms with Crippen LogP contribution >= 0.6 is 0 Å². The summed E-state index contributed by atoms with van der Waals surface area (Å²) in [6, 6.07) is 3.62. The predicted octanol–water partition coefficient (Wildman–Crippen LogP) is 1.06. The van der Waals surface area contributed by atoms with Gasteiger partial charge in [-0.25, -0.2) is 9.18 Å². The summed E-state index contributed by atoms with van der Waals surface area (Å²) in [4.78, 5) is 22.3. The van der Waals surface area contributed by atoms with E-state index < -0.39 is 23.3 Å². The van der Waals surface area contributed by atoms with Gasteiger partial charge < -0.3 is 19.9 Å². The summed E-state index contributed by atoms with van der Waals surface area (Å²) in [5, 5.41) is 11.4. The van der Waals surface area contributed by atoms with Crippen molar-refractivity contribution in [1.29, 1.82) is 0 Å². The highest BCUT2D eigenvalue weighted by Gasteiger charge is 2.17. The van der Waals surface area contributed by atoms with Gasteiger partial charge in [-0.1, -0.05) is 6.07 Å². The Morgan fingerprint density at radius 2 is 2.15 bits per heavy atom. The van der Waals surface area contributed by atoms with E-state index in [1.165, 1.54) is 12.1 Å². The molecule has 1 rings (SSSR count). The Kier molecular flexibility index (Phi) is 6.45. The number of carbonyl (C=O) groups is 2. The Labute approximate surface area is 115 Å². The molecule has 2 N–H and O–H groups in total. The fourth-order valence-electron chi connectivity index (χ4n) is 1.47. The van der Waals surface area contributed by atoms with Crippen molar-refractivity contribution < 1.29 is 28.6 Å². The molecule has 1 aromatic rings. The van der Waals surface area contributed by atoms with Gasteiger partial charge in [0.1, 0.15) is 17.1 Å². The summed E-state index contributed by atoms with van der Waals surface area (Å²) in [7, 11) is 1.56. The van der Waals surface area contributed by atoms with Crippen LogP contribution in [0, 0.1) is 5.82 Å². The smallest absolute Gasteiger partial charge is 0.342 e. The molecule has 0 aliphatic heterocycles. The zero-order valence-electron chi connectivity index (χ0n) is 11.0. The fourth-order valence-corrected chi connectivity index (χ4v) is 1.47. The van der Waals surface area contributed by atoms with Crippen LogP contribution in [-0.2, 0) is 9.53 Å². The molecule has 0 saturated carbocycles. The number of hydrogen-bond acceptors (Lipinski definition) is 4. The number of carboxylic acid groups (broad SMARTS) is 1. The number of nitrogens with one attached hydrogen (secondary N) is 1. The normalized spacial score (nSPS) is 10.1. The standard InChI is InChI=1S/C13H16FNO5/c1-19-7-3-6-15-11(16)8-20-10-5-2-4-9(14)12(10)13(17)18/h2,4-5H,3,6-8H2,1H3,(H,15,16)(H,17,18). The van der Waals surface area contributed by atoms with Crippen LogP contribution in [0.3, 0.4) is 0 Å². The molecule has 0 aliphatic carbocycles. The summed E-state index contributed by atoms with van der Waals surface area (Å²) in [5.41, 5.74) is -0.584. The van der Waals surface area contributed by atoms with Crippen molar-refractivity contribution >= 4 is 11.9 Å². The molecule has 110 valence electrons. The molecular weight excluding hydrogens is 269 g/mol. The lowest BCUT2D eigenvalue weighted by atomic mass is 10.2. The van der Waals surface area contributed by atoms with Gasteiger partial charge in [0.2, 0.25) is 0 Å². The molecule has 1 amide bonds. The first kappa shape index (κ1) is 15.9. The lowest BCUT2D eigenvalue weighted by Crippen LogP contribution is -2.30. The van der Waals surface area contributed by atoms with Crippen LogP contribution in [0.5, 0.6) is 5.75 Å². The van der Waals surface area contributed by atoms with Crippen LogP contribution in [-0.4, -0.2) is 43.9 Å². The molecule has 0 bridgehead atoms. The van der Waals surface area contributed by atoms with Gasteiger partial charge in [0.15, 0.2) is 6.61 Å². The minimum atomic E-state index is -1.45. The number of halogens is 1. The Morgan fingerprint density at radius 3 is 2.80 bits per heavy atom. The molecule has 20 heavy (non-hydrogen) atoms. The molecule has 7 heteroatoms. The molecule has 0 aliphatic rings. The van der Waals surface area contributed by atoms with E-state index in [0.717, 1.165) is 6.07 Å². The topological polar surface area (TPSA) is 84.9 Å². The number of benzene rings is 1. The maximum atomic E-state index is 13.3. The Bertz CT molecular complexity index is 478. The summed E-state index contributed by atoms with van der Waals surface area (Å²) in [6.07, 6.45) is 0.655. The van der Waals surface area contributed by atoms with E-state index in [1.54, 1.807) is 7.11 Å². The lowest BCUT2D eigenvalue weighted by molar-refractivity contribution is -0.123. The van der Waals surface area contributed by atoms with Crippen molar-refractivity contribution in [2.75, 3.05) is 26.9 Å². The third kappa shape index (κ3) is 4.85. The van der Waals surface area contributed by atoms with Crippen molar-refractivity contribution in [3.8, 4) is 5.75 Å². The van der Waals surface area contributed by atoms with Crippen molar-refractivity contribution in [3.63, 3.8) is 0 Å². The Morgan fingerprint density at radius 1 is 1.40 bits per heavy atom. The highest BCUT2D eigenvalue weighted by atomic mass is 19.1. The predicted molar refractivity (Wildman–Crippen MR) is 68.4 cm³/mol. The van der Waals surface area contributed by atoms with Crippen LogP contribution in [0.4, 0.5) is 4.39 Å². The highest BCUT2D eigenvalue weighted by molar-refractivity contribution is 5.91. The average molecular weight is 285 g/mol. The molecule has 0 fully saturated rings. The van der Waals surface area contributed by atoms with Gasteiger partial charge in [-0.3, -0.25) is 4.79 Å². The maximum Gasteiger partial charge on any atom is 0.342 e. The largest absolute Gasteiger partial charge is 0.483 e. The van der Waals surface area contributed by atoms with Crippen LogP contribution < -0.4 is 10.1 Å². The quantitative estimate of drug-likeness (QED) is 0.697. The van der Waals surface area contributed by atoms with E-state index in [4.69, 9.17) is 14.6 Å². The molecular formula is C13H16FNO5. The zero-order valence-corrected chi connectivity index (χ0v) is 11.0. The summed E-state index contributed by atoms with van der Waals surface area (Å²) in [5.74, 6) is -2.94. The van der Waals surface area contributed by atoms with E-state index in [1.807, 2.05) is 0 Å². The van der Waals surface area contributed by atoms with Crippen molar-refractivity contribution in [2.45, 2.75) is 6.42 Å². The maximum absolute atomic E-state index is 13.3. The van der Waals surface area contributed by atoms with Gasteiger partial charge in [-0.2, -0.15) is 0 Å². The monoisotopic (exact) mass is 285 g/mol. The third-order valence-corrected chi connectivity index (χ3v) is 2.40. The van der Waals surface area contributed by atoms with E-state index in [9.17, 15) is 14.0 Å². The molecule has 0 spiro atoms. The lowest BCUT2D eigenvalue weighted by Gasteiger charge is -2.10. The van der Waals surface area contributed by atoms with Crippen LogP contribution in [0.2, 0.25) is 0 Å². The minimum absolute atomic E-state index is 0.176. The Balaban J connectivity index is 2.51. The van der Waals surface area contributed by atoms with Crippen LogP contribution in [0.1, 0.15) is 16.8 Å². The number of rotatable bonds is 8. The number of methoxy groups -OCH3 is 1. The molecule has 0 unspecified atom stereocenters. The minimum Gasteiger partial charge on any atom is -0.483 e. The van der Waals surface area contributed by atoms with E-state index in [0.29, 0.717) is 19.6 Å². The second kappa shape index (κ2) is 8.11. The second-order valence-corrected chi connectivity index (χ2v) is 3.90. The van der Waals surface area contributed by atoms with E-state index >= 15 is 0 Å². The zero-order chi connectivity index (χ0) is 15.0. The molecule has 6 nitrogen and oxygen atoms in total. The first-order valence-electron chi connectivity index (χ1n) is 5.96. The Hall–Kier alpha value is -2.15. The van der Waals surface area contributed by atoms with Crippen LogP contribution in [0.15, 0.2) is 18.2 Å². The number of aromatic carboxylic acids is 1. The van der Waals surface area contributed by atoms with Gasteiger partial charge in [0.25, 0.3) is 5.91 Å². The molecule has 0 aromatic heterocycles. The number of carbonyl (C=O) groups excluding carboxylic acids is 1. The van der Waals surface area contributed by atoms with Crippen molar-refractivity contribution in [1.82, 2.24) is 5.32 Å². The first-order valence-corrected chi connectivity index (χ1v) is 5.96. The molecule has 0 radical (unpaired) electrons. The number of ether oxygens (including phenoxy) is 2. The van der Waals surface area contributed by atoms with E-state index in [-0.39, 0.29) is 12.4 Å². The second-order valence-electron chi connectivity index (χ2n) is 3.90. The van der Waals surface area contributed by atoms with Gasteiger partial charge in [-0.05, 0) is 18.6 Å². The fraction of sp³-hybridized carbons (Fsp3) is 0.385. The SMILES string of the molecule is COCCCNC(=O)COc1cccc(F)c1C(=O)O. The summed E-state index contributed by atoms with van der Waals surface area (Å²) < 4.78 is 23.2. The van der Waals surface area contributed by atoms with Gasteiger partial charge in [0.05, 0.1) is 0 Å². The van der Waals surface area contributed by atoms with Gasteiger partial charge in [-0.15, -0.1) is 0 Å². The van der Waals surface area contributed by atoms with Crippen molar-refractivity contribution in [3.05, 3.63) is 29.6 Å². The summed E-state index contributed by atoms with van der Waals surface area (Å²) in [6.45, 7) is 0.565. The number of amides is 1. The van der Waals surface area contributed by atoms with Gasteiger partial charge >= 0.3 is 5.97 Å². The van der Waals surface area contributed by atoms with Crippen molar-refractivity contribution in [2.24, 2.45) is 0 Å². The first-order chi connectivity index (χ1) is 9.56. The number of hydrogen-bond donors (Lipinski definition) is 2. The molecule has 0 atom stereocenters. The molecule has 0 heterocycles. The van der Waals surface area contributed by atoms with E-state index in [2.05, 4.69) is 5.32 Å². The molecule has 1 aromatic carbocycles. The van der Waals surface area contributed by atoms with Crippen LogP contribution in [0.25, 0.3) is 0 Å². The third-order valence-electron chi connectivity index (χ3n) is 2.40. The number of carboxylic acids is 1. The highest BCUT2D eigenvalue weighted by Crippen LogP contribution is 2.21. The summed E-state index contributed by atoms with van der Waals surface area (Å²) >= 11 is 0.